The third-order valence-corrected chi connectivity index (χ3v) is 4.93. The molecular weight excluding hydrogens is 292 g/mol. The maximum absolute atomic E-state index is 12.4. The highest BCUT2D eigenvalue weighted by atomic mass is 16.6. The summed E-state index contributed by atoms with van der Waals surface area (Å²) in [6.45, 7) is 9.34. The molecule has 5 nitrogen and oxygen atoms in total. The zero-order valence-electron chi connectivity index (χ0n) is 15.3. The zero-order valence-corrected chi connectivity index (χ0v) is 15.3. The van der Waals surface area contributed by atoms with Gasteiger partial charge in [-0.25, -0.2) is 4.79 Å². The molecule has 0 spiro atoms. The molecule has 2 aliphatic rings. The number of methoxy groups -OCH3 is 1. The van der Waals surface area contributed by atoms with Crippen LogP contribution in [0.1, 0.15) is 59.3 Å². The fourth-order valence-electron chi connectivity index (χ4n) is 3.29. The second kappa shape index (κ2) is 7.84. The molecular formula is C18H34N2O3. The standard InChI is InChI=1S/C18H34N2O3/c1-17(2,3)23-16(21)20-11-6-5-7-15(20)13-19-14-18(8-9-18)10-12-22-4/h15,19H,5-14H2,1-4H3. The van der Waals surface area contributed by atoms with E-state index >= 15 is 0 Å². The summed E-state index contributed by atoms with van der Waals surface area (Å²) in [6.07, 6.45) is 6.90. The van der Waals surface area contributed by atoms with Crippen LogP contribution in [0.15, 0.2) is 0 Å². The van der Waals surface area contributed by atoms with Crippen LogP contribution in [0.2, 0.25) is 0 Å². The maximum atomic E-state index is 12.4. The van der Waals surface area contributed by atoms with E-state index in [1.165, 1.54) is 19.3 Å². The molecule has 134 valence electrons. The van der Waals surface area contributed by atoms with Crippen molar-refractivity contribution in [2.45, 2.75) is 70.9 Å². The van der Waals surface area contributed by atoms with E-state index in [2.05, 4.69) is 5.32 Å². The van der Waals surface area contributed by atoms with E-state index in [0.29, 0.717) is 5.41 Å². The molecule has 0 aromatic rings. The highest BCUT2D eigenvalue weighted by Gasteiger charge is 2.41. The lowest BCUT2D eigenvalue weighted by Gasteiger charge is -2.37. The highest BCUT2D eigenvalue weighted by molar-refractivity contribution is 5.68. The minimum absolute atomic E-state index is 0.162. The normalized spacial score (nSPS) is 23.7. The summed E-state index contributed by atoms with van der Waals surface area (Å²) >= 11 is 0. The van der Waals surface area contributed by atoms with Crippen LogP contribution >= 0.6 is 0 Å². The minimum Gasteiger partial charge on any atom is -0.444 e. The predicted molar refractivity (Wildman–Crippen MR) is 91.6 cm³/mol. The van der Waals surface area contributed by atoms with E-state index in [4.69, 9.17) is 9.47 Å². The quantitative estimate of drug-likeness (QED) is 0.781. The van der Waals surface area contributed by atoms with Gasteiger partial charge < -0.3 is 19.7 Å². The number of rotatable bonds is 7. The number of nitrogens with one attached hydrogen (secondary N) is 1. The second-order valence-electron chi connectivity index (χ2n) is 8.20. The molecule has 5 heteroatoms. The summed E-state index contributed by atoms with van der Waals surface area (Å²) in [4.78, 5) is 14.3. The number of likely N-dealkylation sites (tertiary alicyclic amines) is 1. The topological polar surface area (TPSA) is 50.8 Å². The van der Waals surface area contributed by atoms with Gasteiger partial charge in [-0.05, 0) is 64.7 Å². The Labute approximate surface area is 141 Å². The van der Waals surface area contributed by atoms with Crippen LogP contribution < -0.4 is 5.32 Å². The Morgan fingerprint density at radius 3 is 2.65 bits per heavy atom. The first kappa shape index (κ1) is 18.5. The number of carbonyl (C=O) groups is 1. The Morgan fingerprint density at radius 1 is 1.30 bits per heavy atom. The first-order valence-electron chi connectivity index (χ1n) is 9.05. The van der Waals surface area contributed by atoms with Crippen LogP contribution in [0.25, 0.3) is 0 Å². The van der Waals surface area contributed by atoms with E-state index in [0.717, 1.165) is 45.5 Å². The molecule has 23 heavy (non-hydrogen) atoms. The molecule has 1 saturated heterocycles. The van der Waals surface area contributed by atoms with Gasteiger partial charge in [-0.2, -0.15) is 0 Å². The number of ether oxygens (including phenoxy) is 2. The molecule has 1 amide bonds. The third kappa shape index (κ3) is 5.96. The summed E-state index contributed by atoms with van der Waals surface area (Å²) in [6, 6.07) is 0.261. The molecule has 0 aromatic heterocycles. The fraction of sp³-hybridized carbons (Fsp3) is 0.944. The number of amides is 1. The van der Waals surface area contributed by atoms with Crippen molar-refractivity contribution in [2.24, 2.45) is 5.41 Å². The van der Waals surface area contributed by atoms with Crippen molar-refractivity contribution in [2.75, 3.05) is 33.4 Å². The SMILES string of the molecule is COCCC1(CNCC2CCCCN2C(=O)OC(C)(C)C)CC1. The Bertz CT molecular complexity index is 388. The van der Waals surface area contributed by atoms with Gasteiger partial charge in [-0.15, -0.1) is 0 Å². The molecule has 1 aliphatic carbocycles. The van der Waals surface area contributed by atoms with E-state index < -0.39 is 5.60 Å². The average Bonchev–Trinajstić information content (AvgIpc) is 3.24. The van der Waals surface area contributed by atoms with Crippen molar-refractivity contribution in [1.82, 2.24) is 10.2 Å². The molecule has 0 bridgehead atoms. The van der Waals surface area contributed by atoms with E-state index in [1.54, 1.807) is 7.11 Å². The van der Waals surface area contributed by atoms with Gasteiger partial charge in [-0.1, -0.05) is 0 Å². The Kier molecular flexibility index (Phi) is 6.32. The summed E-state index contributed by atoms with van der Waals surface area (Å²) in [5.74, 6) is 0. The van der Waals surface area contributed by atoms with Crippen molar-refractivity contribution in [1.29, 1.82) is 0 Å². The predicted octanol–water partition coefficient (Wildman–Crippen LogP) is 3.18. The number of hydrogen-bond donors (Lipinski definition) is 1. The summed E-state index contributed by atoms with van der Waals surface area (Å²) in [7, 11) is 1.77. The van der Waals surface area contributed by atoms with Crippen LogP contribution in [0.3, 0.4) is 0 Å². The van der Waals surface area contributed by atoms with Gasteiger partial charge in [0.2, 0.25) is 0 Å². The van der Waals surface area contributed by atoms with Gasteiger partial charge in [0.15, 0.2) is 0 Å². The fourth-order valence-corrected chi connectivity index (χ4v) is 3.29. The van der Waals surface area contributed by atoms with Crippen molar-refractivity contribution in [3.05, 3.63) is 0 Å². The molecule has 0 aromatic carbocycles. The first-order valence-corrected chi connectivity index (χ1v) is 9.05. The number of carbonyl (C=O) groups excluding carboxylic acids is 1. The van der Waals surface area contributed by atoms with Crippen molar-refractivity contribution < 1.29 is 14.3 Å². The average molecular weight is 326 g/mol. The lowest BCUT2D eigenvalue weighted by molar-refractivity contribution is 0.00983. The van der Waals surface area contributed by atoms with Crippen LogP contribution in [0.4, 0.5) is 4.79 Å². The maximum Gasteiger partial charge on any atom is 0.410 e. The molecule has 1 aliphatic heterocycles. The molecule has 1 atom stereocenters. The molecule has 2 rings (SSSR count). The van der Waals surface area contributed by atoms with Gasteiger partial charge in [-0.3, -0.25) is 0 Å². The smallest absolute Gasteiger partial charge is 0.410 e. The Morgan fingerprint density at radius 2 is 2.04 bits per heavy atom. The Balaban J connectivity index is 1.78. The highest BCUT2D eigenvalue weighted by Crippen LogP contribution is 2.48. The van der Waals surface area contributed by atoms with Gasteiger partial charge in [0.1, 0.15) is 5.60 Å². The van der Waals surface area contributed by atoms with Gasteiger partial charge in [0.25, 0.3) is 0 Å². The third-order valence-electron chi connectivity index (χ3n) is 4.93. The van der Waals surface area contributed by atoms with Gasteiger partial charge >= 0.3 is 6.09 Å². The van der Waals surface area contributed by atoms with Crippen LogP contribution in [0, 0.1) is 5.41 Å². The summed E-state index contributed by atoms with van der Waals surface area (Å²) in [5, 5.41) is 3.61. The lowest BCUT2D eigenvalue weighted by Crippen LogP contribution is -2.50. The van der Waals surface area contributed by atoms with Crippen LogP contribution in [-0.4, -0.2) is 56.0 Å². The largest absolute Gasteiger partial charge is 0.444 e. The number of piperidine rings is 1. The van der Waals surface area contributed by atoms with Crippen LogP contribution in [-0.2, 0) is 9.47 Å². The van der Waals surface area contributed by atoms with Crippen molar-refractivity contribution in [3.8, 4) is 0 Å². The van der Waals surface area contributed by atoms with Crippen molar-refractivity contribution >= 4 is 6.09 Å². The molecule has 1 N–H and O–H groups in total. The Hall–Kier alpha value is -0.810. The first-order chi connectivity index (χ1) is 10.9. The molecule has 1 heterocycles. The molecule has 2 fully saturated rings. The summed E-state index contributed by atoms with van der Waals surface area (Å²) in [5.41, 5.74) is 0.0200. The molecule has 1 saturated carbocycles. The van der Waals surface area contributed by atoms with Crippen LogP contribution in [0.5, 0.6) is 0 Å². The minimum atomic E-state index is -0.426. The van der Waals surface area contributed by atoms with Gasteiger partial charge in [0.05, 0.1) is 0 Å². The number of nitrogens with zero attached hydrogens (tertiary/aromatic N) is 1. The van der Waals surface area contributed by atoms with E-state index in [-0.39, 0.29) is 12.1 Å². The monoisotopic (exact) mass is 326 g/mol. The zero-order chi connectivity index (χ0) is 16.9. The number of hydrogen-bond acceptors (Lipinski definition) is 4. The van der Waals surface area contributed by atoms with E-state index in [1.807, 2.05) is 25.7 Å². The molecule has 1 unspecified atom stereocenters. The molecule has 0 radical (unpaired) electrons. The van der Waals surface area contributed by atoms with E-state index in [9.17, 15) is 4.79 Å². The second-order valence-corrected chi connectivity index (χ2v) is 8.20. The lowest BCUT2D eigenvalue weighted by atomic mass is 10.0. The van der Waals surface area contributed by atoms with Crippen molar-refractivity contribution in [3.63, 3.8) is 0 Å². The van der Waals surface area contributed by atoms with Gasteiger partial charge in [0, 0.05) is 39.4 Å². The summed E-state index contributed by atoms with van der Waals surface area (Å²) < 4.78 is 10.8.